The van der Waals surface area contributed by atoms with Crippen molar-refractivity contribution in [1.29, 1.82) is 0 Å². The van der Waals surface area contributed by atoms with Gasteiger partial charge < -0.3 is 16.0 Å². The van der Waals surface area contributed by atoms with Crippen molar-refractivity contribution in [3.05, 3.63) is 34.9 Å². The van der Waals surface area contributed by atoms with Crippen LogP contribution in [0.4, 0.5) is 8.78 Å². The highest BCUT2D eigenvalue weighted by molar-refractivity contribution is 6.30. The van der Waals surface area contributed by atoms with Gasteiger partial charge in [0.25, 0.3) is 5.92 Å². The normalized spacial score (nSPS) is 20.7. The average molecular weight is 382 g/mol. The number of nitrogens with two attached hydrogens (primary N) is 1. The molecule has 24 heavy (non-hydrogen) atoms. The molecule has 2 amide bonds. The standard InChI is InChI=1S/C15H18ClF2N3O2.ClH/c1-21-12(22)6-11(14(23)20-8-15(17,18)7-19)13(21)9-3-2-4-10(16)5-9;/h2-5,11,13H,6-8,19H2,1H3,(H,20,23);1H. The second-order valence-corrected chi connectivity index (χ2v) is 6.03. The van der Waals surface area contributed by atoms with Crippen LogP contribution in [0.15, 0.2) is 24.3 Å². The smallest absolute Gasteiger partial charge is 0.277 e. The van der Waals surface area contributed by atoms with Crippen LogP contribution in [-0.4, -0.2) is 42.8 Å². The van der Waals surface area contributed by atoms with Crippen LogP contribution in [-0.2, 0) is 9.59 Å². The first-order valence-corrected chi connectivity index (χ1v) is 7.49. The van der Waals surface area contributed by atoms with E-state index in [-0.39, 0.29) is 24.7 Å². The van der Waals surface area contributed by atoms with Crippen molar-refractivity contribution < 1.29 is 18.4 Å². The summed E-state index contributed by atoms with van der Waals surface area (Å²) in [5.74, 6) is -4.74. The summed E-state index contributed by atoms with van der Waals surface area (Å²) < 4.78 is 26.4. The average Bonchev–Trinajstić information content (AvgIpc) is 2.81. The summed E-state index contributed by atoms with van der Waals surface area (Å²) in [6.45, 7) is -1.70. The molecule has 2 rings (SSSR count). The van der Waals surface area contributed by atoms with E-state index in [1.54, 1.807) is 31.3 Å². The quantitative estimate of drug-likeness (QED) is 0.818. The van der Waals surface area contributed by atoms with E-state index < -0.39 is 36.9 Å². The molecule has 1 fully saturated rings. The van der Waals surface area contributed by atoms with E-state index in [9.17, 15) is 18.4 Å². The Labute approximate surface area is 149 Å². The van der Waals surface area contributed by atoms with Crippen molar-refractivity contribution in [3.8, 4) is 0 Å². The van der Waals surface area contributed by atoms with Crippen molar-refractivity contribution in [2.75, 3.05) is 20.1 Å². The number of alkyl halides is 2. The Hall–Kier alpha value is -1.44. The van der Waals surface area contributed by atoms with E-state index in [1.807, 2.05) is 0 Å². The molecule has 2 unspecified atom stereocenters. The molecule has 5 nitrogen and oxygen atoms in total. The number of benzene rings is 1. The molecule has 0 bridgehead atoms. The summed E-state index contributed by atoms with van der Waals surface area (Å²) in [6, 6.07) is 6.27. The molecule has 0 aromatic heterocycles. The summed E-state index contributed by atoms with van der Waals surface area (Å²) in [4.78, 5) is 25.7. The lowest BCUT2D eigenvalue weighted by molar-refractivity contribution is -0.129. The van der Waals surface area contributed by atoms with Crippen molar-refractivity contribution >= 4 is 35.8 Å². The molecular formula is C15H19Cl2F2N3O2. The SMILES string of the molecule is CN1C(=O)CC(C(=O)NCC(F)(F)CN)C1c1cccc(Cl)c1.Cl. The van der Waals surface area contributed by atoms with E-state index >= 15 is 0 Å². The lowest BCUT2D eigenvalue weighted by atomic mass is 9.93. The van der Waals surface area contributed by atoms with Gasteiger partial charge >= 0.3 is 0 Å². The maximum absolute atomic E-state index is 13.2. The fourth-order valence-corrected chi connectivity index (χ4v) is 2.87. The molecule has 0 radical (unpaired) electrons. The minimum atomic E-state index is -3.17. The van der Waals surface area contributed by atoms with Crippen molar-refractivity contribution in [2.45, 2.75) is 18.4 Å². The van der Waals surface area contributed by atoms with Crippen LogP contribution in [0.25, 0.3) is 0 Å². The van der Waals surface area contributed by atoms with Gasteiger partial charge in [0.2, 0.25) is 11.8 Å². The first-order valence-electron chi connectivity index (χ1n) is 7.12. The molecule has 3 N–H and O–H groups in total. The molecule has 1 aliphatic rings. The lowest BCUT2D eigenvalue weighted by Gasteiger charge is -2.25. The van der Waals surface area contributed by atoms with Gasteiger partial charge in [-0.25, -0.2) is 8.78 Å². The maximum atomic E-state index is 13.2. The number of carbonyl (C=O) groups excluding carboxylic acids is 2. The number of carbonyl (C=O) groups is 2. The van der Waals surface area contributed by atoms with E-state index in [2.05, 4.69) is 5.32 Å². The fourth-order valence-electron chi connectivity index (χ4n) is 2.67. The second kappa shape index (κ2) is 8.09. The largest absolute Gasteiger partial charge is 0.350 e. The molecule has 9 heteroatoms. The van der Waals surface area contributed by atoms with Crippen LogP contribution >= 0.6 is 24.0 Å². The molecule has 1 aromatic carbocycles. The Morgan fingerprint density at radius 2 is 2.17 bits per heavy atom. The minimum Gasteiger partial charge on any atom is -0.350 e. The zero-order valence-corrected chi connectivity index (χ0v) is 14.5. The highest BCUT2D eigenvalue weighted by Gasteiger charge is 2.43. The number of halogens is 4. The summed E-state index contributed by atoms with van der Waals surface area (Å²) >= 11 is 5.96. The first kappa shape index (κ1) is 20.6. The predicted octanol–water partition coefficient (Wildman–Crippen LogP) is 1.99. The highest BCUT2D eigenvalue weighted by atomic mass is 35.5. The van der Waals surface area contributed by atoms with Crippen molar-refractivity contribution in [2.24, 2.45) is 11.7 Å². The van der Waals surface area contributed by atoms with Crippen LogP contribution in [0, 0.1) is 5.92 Å². The molecule has 0 spiro atoms. The van der Waals surface area contributed by atoms with Gasteiger partial charge in [0.05, 0.1) is 25.0 Å². The molecule has 1 aliphatic heterocycles. The van der Waals surface area contributed by atoms with Crippen molar-refractivity contribution in [3.63, 3.8) is 0 Å². The van der Waals surface area contributed by atoms with Gasteiger partial charge in [-0.2, -0.15) is 0 Å². The zero-order chi connectivity index (χ0) is 17.2. The molecule has 0 aliphatic carbocycles. The summed E-state index contributed by atoms with van der Waals surface area (Å²) in [6.07, 6.45) is -0.0340. The van der Waals surface area contributed by atoms with Crippen molar-refractivity contribution in [1.82, 2.24) is 10.2 Å². The fraction of sp³-hybridized carbons (Fsp3) is 0.467. The zero-order valence-electron chi connectivity index (χ0n) is 13.0. The van der Waals surface area contributed by atoms with Gasteiger partial charge in [-0.15, -0.1) is 12.4 Å². The van der Waals surface area contributed by atoms with Crippen LogP contribution in [0.1, 0.15) is 18.0 Å². The first-order chi connectivity index (χ1) is 10.7. The maximum Gasteiger partial charge on any atom is 0.277 e. The lowest BCUT2D eigenvalue weighted by Crippen LogP contribution is -2.44. The number of likely N-dealkylation sites (tertiary alicyclic amines) is 1. The Bertz CT molecular complexity index is 616. The number of nitrogens with one attached hydrogen (secondary N) is 1. The van der Waals surface area contributed by atoms with Gasteiger partial charge in [-0.3, -0.25) is 9.59 Å². The number of hydrogen-bond donors (Lipinski definition) is 2. The molecule has 1 saturated heterocycles. The monoisotopic (exact) mass is 381 g/mol. The van der Waals surface area contributed by atoms with Gasteiger partial charge in [-0.05, 0) is 17.7 Å². The number of rotatable bonds is 5. The minimum absolute atomic E-state index is 0. The third-order valence-electron chi connectivity index (χ3n) is 3.93. The second-order valence-electron chi connectivity index (χ2n) is 5.59. The molecule has 1 aromatic rings. The van der Waals surface area contributed by atoms with E-state index in [1.165, 1.54) is 4.90 Å². The number of hydrogen-bond acceptors (Lipinski definition) is 3. The van der Waals surface area contributed by atoms with E-state index in [0.29, 0.717) is 10.6 Å². The Morgan fingerprint density at radius 1 is 1.50 bits per heavy atom. The third kappa shape index (κ3) is 4.55. The van der Waals surface area contributed by atoms with Crippen LogP contribution in [0.2, 0.25) is 5.02 Å². The molecule has 2 atom stereocenters. The summed E-state index contributed by atoms with van der Waals surface area (Å²) in [5.41, 5.74) is 5.64. The van der Waals surface area contributed by atoms with Gasteiger partial charge in [0, 0.05) is 18.5 Å². The molecular weight excluding hydrogens is 363 g/mol. The van der Waals surface area contributed by atoms with Crippen LogP contribution in [0.3, 0.4) is 0 Å². The van der Waals surface area contributed by atoms with E-state index in [4.69, 9.17) is 17.3 Å². The predicted molar refractivity (Wildman–Crippen MR) is 89.3 cm³/mol. The Morgan fingerprint density at radius 3 is 2.75 bits per heavy atom. The third-order valence-corrected chi connectivity index (χ3v) is 4.17. The topological polar surface area (TPSA) is 75.4 Å². The molecule has 134 valence electrons. The Kier molecular flexibility index (Phi) is 6.95. The van der Waals surface area contributed by atoms with Gasteiger partial charge in [0.15, 0.2) is 0 Å². The van der Waals surface area contributed by atoms with E-state index in [0.717, 1.165) is 0 Å². The highest BCUT2D eigenvalue weighted by Crippen LogP contribution is 2.37. The summed E-state index contributed by atoms with van der Waals surface area (Å²) in [7, 11) is 1.58. The number of amides is 2. The van der Waals surface area contributed by atoms with Crippen LogP contribution in [0.5, 0.6) is 0 Å². The van der Waals surface area contributed by atoms with Crippen LogP contribution < -0.4 is 11.1 Å². The summed E-state index contributed by atoms with van der Waals surface area (Å²) in [5, 5.41) is 2.67. The molecule has 1 heterocycles. The molecule has 0 saturated carbocycles. The van der Waals surface area contributed by atoms with Gasteiger partial charge in [-0.1, -0.05) is 23.7 Å². The van der Waals surface area contributed by atoms with Gasteiger partial charge in [0.1, 0.15) is 0 Å². The Balaban J connectivity index is 0.00000288. The number of nitrogens with zero attached hydrogens (tertiary/aromatic N) is 1.